The van der Waals surface area contributed by atoms with Gasteiger partial charge in [0.2, 0.25) is 5.78 Å². The van der Waals surface area contributed by atoms with E-state index >= 15 is 0 Å². The SMILES string of the molecule is Cn1ncc(C(=O)OCC(=O)c2ccccc2Cl)c1N. The molecule has 0 saturated carbocycles. The van der Waals surface area contributed by atoms with Crippen molar-refractivity contribution in [3.05, 3.63) is 46.6 Å². The lowest BCUT2D eigenvalue weighted by molar-refractivity contribution is 0.0476. The molecule has 0 fully saturated rings. The first-order valence-corrected chi connectivity index (χ1v) is 6.11. The number of nitrogens with two attached hydrogens (primary N) is 1. The maximum absolute atomic E-state index is 11.9. The first-order valence-electron chi connectivity index (χ1n) is 5.73. The molecule has 104 valence electrons. The van der Waals surface area contributed by atoms with Crippen LogP contribution in [0.15, 0.2) is 30.5 Å². The Labute approximate surface area is 120 Å². The topological polar surface area (TPSA) is 87.2 Å². The molecular weight excluding hydrogens is 282 g/mol. The molecule has 2 rings (SSSR count). The van der Waals surface area contributed by atoms with Crippen LogP contribution in [-0.4, -0.2) is 28.1 Å². The fraction of sp³-hybridized carbons (Fsp3) is 0.154. The van der Waals surface area contributed by atoms with Gasteiger partial charge >= 0.3 is 5.97 Å². The lowest BCUT2D eigenvalue weighted by Gasteiger charge is -2.05. The average Bonchev–Trinajstić information content (AvgIpc) is 2.76. The third-order valence-corrected chi connectivity index (χ3v) is 3.04. The molecule has 6 nitrogen and oxygen atoms in total. The molecular formula is C13H12ClN3O3. The van der Waals surface area contributed by atoms with Crippen LogP contribution in [0.5, 0.6) is 0 Å². The van der Waals surface area contributed by atoms with Gasteiger partial charge in [-0.3, -0.25) is 9.48 Å². The highest BCUT2D eigenvalue weighted by Crippen LogP contribution is 2.16. The number of aryl methyl sites for hydroxylation is 1. The van der Waals surface area contributed by atoms with E-state index in [9.17, 15) is 9.59 Å². The molecule has 0 atom stereocenters. The summed E-state index contributed by atoms with van der Waals surface area (Å²) >= 11 is 5.89. The lowest BCUT2D eigenvalue weighted by atomic mass is 10.1. The van der Waals surface area contributed by atoms with Gasteiger partial charge in [0.15, 0.2) is 6.61 Å². The molecule has 0 unspecified atom stereocenters. The van der Waals surface area contributed by atoms with E-state index in [1.807, 2.05) is 0 Å². The predicted molar refractivity (Wildman–Crippen MR) is 73.7 cm³/mol. The molecule has 2 N–H and O–H groups in total. The van der Waals surface area contributed by atoms with Crippen molar-refractivity contribution in [2.24, 2.45) is 7.05 Å². The zero-order chi connectivity index (χ0) is 14.7. The van der Waals surface area contributed by atoms with Gasteiger partial charge in [-0.2, -0.15) is 5.10 Å². The van der Waals surface area contributed by atoms with Crippen molar-refractivity contribution in [1.82, 2.24) is 9.78 Å². The summed E-state index contributed by atoms with van der Waals surface area (Å²) in [5.41, 5.74) is 6.07. The van der Waals surface area contributed by atoms with Crippen LogP contribution < -0.4 is 5.73 Å². The molecule has 1 aromatic carbocycles. The fourth-order valence-electron chi connectivity index (χ4n) is 1.58. The molecule has 7 heteroatoms. The van der Waals surface area contributed by atoms with Crippen LogP contribution in [0.4, 0.5) is 5.82 Å². The minimum atomic E-state index is -0.698. The summed E-state index contributed by atoms with van der Waals surface area (Å²) in [5.74, 6) is -0.900. The van der Waals surface area contributed by atoms with E-state index in [0.29, 0.717) is 10.6 Å². The van der Waals surface area contributed by atoms with Gasteiger partial charge < -0.3 is 10.5 Å². The summed E-state index contributed by atoms with van der Waals surface area (Å²) in [4.78, 5) is 23.6. The van der Waals surface area contributed by atoms with E-state index < -0.39 is 12.6 Å². The minimum Gasteiger partial charge on any atom is -0.454 e. The largest absolute Gasteiger partial charge is 0.454 e. The van der Waals surface area contributed by atoms with Gasteiger partial charge in [-0.15, -0.1) is 0 Å². The monoisotopic (exact) mass is 293 g/mol. The smallest absolute Gasteiger partial charge is 0.343 e. The second-order valence-electron chi connectivity index (χ2n) is 4.05. The van der Waals surface area contributed by atoms with Crippen LogP contribution >= 0.6 is 11.6 Å². The van der Waals surface area contributed by atoms with Crippen molar-refractivity contribution in [2.75, 3.05) is 12.3 Å². The van der Waals surface area contributed by atoms with Crippen molar-refractivity contribution in [2.45, 2.75) is 0 Å². The maximum atomic E-state index is 11.9. The fourth-order valence-corrected chi connectivity index (χ4v) is 1.82. The van der Waals surface area contributed by atoms with Gasteiger partial charge in [0.1, 0.15) is 11.4 Å². The number of carbonyl (C=O) groups excluding carboxylic acids is 2. The number of rotatable bonds is 4. The summed E-state index contributed by atoms with van der Waals surface area (Å²) in [7, 11) is 1.60. The Hall–Kier alpha value is -2.34. The van der Waals surface area contributed by atoms with Crippen LogP contribution in [0.3, 0.4) is 0 Å². The van der Waals surface area contributed by atoms with Gasteiger partial charge in [-0.05, 0) is 12.1 Å². The maximum Gasteiger partial charge on any atom is 0.343 e. The Morgan fingerprint density at radius 3 is 2.65 bits per heavy atom. The molecule has 0 saturated heterocycles. The number of anilines is 1. The highest BCUT2D eigenvalue weighted by atomic mass is 35.5. The Bertz CT molecular complexity index is 667. The molecule has 0 aliphatic heterocycles. The van der Waals surface area contributed by atoms with E-state index in [-0.39, 0.29) is 17.2 Å². The number of Topliss-reactive ketones (excluding diaryl/α,β-unsaturated/α-hetero) is 1. The number of hydrogen-bond donors (Lipinski definition) is 1. The number of nitrogen functional groups attached to an aromatic ring is 1. The second-order valence-corrected chi connectivity index (χ2v) is 4.45. The van der Waals surface area contributed by atoms with Gasteiger partial charge in [-0.1, -0.05) is 23.7 Å². The van der Waals surface area contributed by atoms with Crippen molar-refractivity contribution in [3.8, 4) is 0 Å². The van der Waals surface area contributed by atoms with Crippen molar-refractivity contribution < 1.29 is 14.3 Å². The molecule has 2 aromatic rings. The average molecular weight is 294 g/mol. The van der Waals surface area contributed by atoms with Crippen molar-refractivity contribution in [1.29, 1.82) is 0 Å². The first-order chi connectivity index (χ1) is 9.50. The third kappa shape index (κ3) is 2.80. The second kappa shape index (κ2) is 5.75. The Morgan fingerprint density at radius 2 is 2.05 bits per heavy atom. The van der Waals surface area contributed by atoms with Crippen LogP contribution in [0.2, 0.25) is 5.02 Å². The molecule has 1 heterocycles. The summed E-state index contributed by atoms with van der Waals surface area (Å²) in [6, 6.07) is 6.55. The molecule has 20 heavy (non-hydrogen) atoms. The van der Waals surface area contributed by atoms with Gasteiger partial charge in [0.05, 0.1) is 11.2 Å². The van der Waals surface area contributed by atoms with E-state index in [4.69, 9.17) is 22.1 Å². The number of ketones is 1. The summed E-state index contributed by atoms with van der Waals surface area (Å²) in [5, 5.41) is 4.14. The zero-order valence-corrected chi connectivity index (χ0v) is 11.4. The summed E-state index contributed by atoms with van der Waals surface area (Å²) in [6.45, 7) is -0.406. The summed E-state index contributed by atoms with van der Waals surface area (Å²) in [6.07, 6.45) is 1.29. The molecule has 0 aliphatic carbocycles. The Balaban J connectivity index is 2.02. The number of esters is 1. The minimum absolute atomic E-state index is 0.124. The Kier molecular flexibility index (Phi) is 4.05. The first kappa shape index (κ1) is 14.1. The van der Waals surface area contributed by atoms with Crippen LogP contribution in [-0.2, 0) is 11.8 Å². The zero-order valence-electron chi connectivity index (χ0n) is 10.7. The molecule has 1 aromatic heterocycles. The molecule has 0 amide bonds. The summed E-state index contributed by atoms with van der Waals surface area (Å²) < 4.78 is 6.25. The molecule has 0 aliphatic rings. The number of carbonyl (C=O) groups is 2. The van der Waals surface area contributed by atoms with E-state index in [1.54, 1.807) is 31.3 Å². The molecule has 0 spiro atoms. The number of aromatic nitrogens is 2. The number of halogens is 1. The standard InChI is InChI=1S/C13H12ClN3O3/c1-17-12(15)9(6-16-17)13(19)20-7-11(18)8-4-2-3-5-10(8)14/h2-6H,7,15H2,1H3. The quantitative estimate of drug-likeness (QED) is 0.685. The molecule has 0 radical (unpaired) electrons. The number of hydrogen-bond acceptors (Lipinski definition) is 5. The van der Waals surface area contributed by atoms with Crippen molar-refractivity contribution in [3.63, 3.8) is 0 Å². The van der Waals surface area contributed by atoms with Crippen molar-refractivity contribution >= 4 is 29.2 Å². The van der Waals surface area contributed by atoms with Crippen LogP contribution in [0, 0.1) is 0 Å². The highest BCUT2D eigenvalue weighted by molar-refractivity contribution is 6.34. The predicted octanol–water partition coefficient (Wildman–Crippen LogP) is 1.70. The van der Waals surface area contributed by atoms with E-state index in [2.05, 4.69) is 5.10 Å². The third-order valence-electron chi connectivity index (χ3n) is 2.71. The van der Waals surface area contributed by atoms with Crippen LogP contribution in [0.1, 0.15) is 20.7 Å². The Morgan fingerprint density at radius 1 is 1.35 bits per heavy atom. The van der Waals surface area contributed by atoms with Gasteiger partial charge in [-0.25, -0.2) is 4.79 Å². The number of nitrogens with zero attached hydrogens (tertiary/aromatic N) is 2. The number of benzene rings is 1. The van der Waals surface area contributed by atoms with Gasteiger partial charge in [0, 0.05) is 12.6 Å². The molecule has 0 bridgehead atoms. The van der Waals surface area contributed by atoms with E-state index in [1.165, 1.54) is 10.9 Å². The van der Waals surface area contributed by atoms with E-state index in [0.717, 1.165) is 0 Å². The normalized spacial score (nSPS) is 10.3. The van der Waals surface area contributed by atoms with Gasteiger partial charge in [0.25, 0.3) is 0 Å². The number of ether oxygens (including phenoxy) is 1. The van der Waals surface area contributed by atoms with Crippen LogP contribution in [0.25, 0.3) is 0 Å². The lowest BCUT2D eigenvalue weighted by Crippen LogP contribution is -2.15. The highest BCUT2D eigenvalue weighted by Gasteiger charge is 2.17.